The third-order valence-corrected chi connectivity index (χ3v) is 4.53. The van der Waals surface area contributed by atoms with E-state index in [0.29, 0.717) is 0 Å². The molecule has 0 saturated carbocycles. The van der Waals surface area contributed by atoms with Crippen molar-refractivity contribution < 1.29 is 8.42 Å². The zero-order valence-corrected chi connectivity index (χ0v) is 11.9. The summed E-state index contributed by atoms with van der Waals surface area (Å²) < 4.78 is 25.9. The molecule has 0 fully saturated rings. The molecule has 96 valence electrons. The molecular formula is C11H15Cl2NO2S. The quantitative estimate of drug-likeness (QED) is 0.756. The number of halogens is 2. The molecule has 3 nitrogen and oxygen atoms in total. The molecular weight excluding hydrogens is 281 g/mol. The van der Waals surface area contributed by atoms with E-state index in [1.165, 1.54) is 4.31 Å². The normalized spacial score (nSPS) is 12.0. The molecule has 6 heteroatoms. The van der Waals surface area contributed by atoms with E-state index in [1.807, 2.05) is 13.0 Å². The van der Waals surface area contributed by atoms with Gasteiger partial charge in [0.25, 0.3) is 0 Å². The largest absolute Gasteiger partial charge is 0.243 e. The third kappa shape index (κ3) is 3.85. The van der Waals surface area contributed by atoms with Crippen LogP contribution < -0.4 is 0 Å². The first kappa shape index (κ1) is 14.8. The summed E-state index contributed by atoms with van der Waals surface area (Å²) in [6, 6.07) is 6.80. The first-order chi connectivity index (χ1) is 8.02. The maximum absolute atomic E-state index is 12.3. The van der Waals surface area contributed by atoms with E-state index in [4.69, 9.17) is 23.2 Å². The minimum atomic E-state index is -3.48. The predicted octanol–water partition coefficient (Wildman–Crippen LogP) is 2.46. The summed E-state index contributed by atoms with van der Waals surface area (Å²) in [4.78, 5) is 0.285. The van der Waals surface area contributed by atoms with Crippen molar-refractivity contribution in [2.45, 2.75) is 11.8 Å². The number of hydrogen-bond donors (Lipinski definition) is 0. The topological polar surface area (TPSA) is 37.4 Å². The van der Waals surface area contributed by atoms with Gasteiger partial charge in [0, 0.05) is 24.8 Å². The number of alkyl halides is 2. The summed E-state index contributed by atoms with van der Waals surface area (Å²) in [6.45, 7) is 2.39. The van der Waals surface area contributed by atoms with Crippen LogP contribution in [0, 0.1) is 6.92 Å². The molecule has 0 amide bonds. The number of rotatable bonds is 6. The lowest BCUT2D eigenvalue weighted by molar-refractivity contribution is 0.448. The van der Waals surface area contributed by atoms with Crippen molar-refractivity contribution in [3.05, 3.63) is 29.8 Å². The van der Waals surface area contributed by atoms with Gasteiger partial charge in [-0.3, -0.25) is 0 Å². The van der Waals surface area contributed by atoms with E-state index < -0.39 is 10.0 Å². The van der Waals surface area contributed by atoms with Crippen molar-refractivity contribution in [1.82, 2.24) is 4.31 Å². The molecule has 1 aromatic rings. The van der Waals surface area contributed by atoms with E-state index in [2.05, 4.69) is 0 Å². The van der Waals surface area contributed by atoms with Crippen LogP contribution in [0.1, 0.15) is 5.56 Å². The molecule has 0 aliphatic carbocycles. The standard InChI is InChI=1S/C11H15Cl2NO2S/c1-10-3-2-4-11(9-10)17(15,16)14(7-5-12)8-6-13/h2-4,9H,5-8H2,1H3. The lowest BCUT2D eigenvalue weighted by atomic mass is 10.2. The van der Waals surface area contributed by atoms with Crippen LogP contribution >= 0.6 is 23.2 Å². The van der Waals surface area contributed by atoms with Crippen molar-refractivity contribution in [2.75, 3.05) is 24.8 Å². The molecule has 0 atom stereocenters. The van der Waals surface area contributed by atoms with Gasteiger partial charge in [-0.2, -0.15) is 4.31 Å². The first-order valence-electron chi connectivity index (χ1n) is 5.21. The zero-order chi connectivity index (χ0) is 12.9. The molecule has 0 aromatic heterocycles. The van der Waals surface area contributed by atoms with Crippen molar-refractivity contribution in [1.29, 1.82) is 0 Å². The lowest BCUT2D eigenvalue weighted by Crippen LogP contribution is -2.34. The van der Waals surface area contributed by atoms with Crippen molar-refractivity contribution in [2.24, 2.45) is 0 Å². The molecule has 1 rings (SSSR count). The second-order valence-electron chi connectivity index (χ2n) is 3.60. The van der Waals surface area contributed by atoms with Crippen LogP contribution in [0.15, 0.2) is 29.2 Å². The Morgan fingerprint density at radius 1 is 1.18 bits per heavy atom. The molecule has 0 aliphatic heterocycles. The van der Waals surface area contributed by atoms with Crippen LogP contribution in [-0.2, 0) is 10.0 Å². The van der Waals surface area contributed by atoms with Crippen molar-refractivity contribution in [3.63, 3.8) is 0 Å². The van der Waals surface area contributed by atoms with Crippen LogP contribution in [-0.4, -0.2) is 37.6 Å². The summed E-state index contributed by atoms with van der Waals surface area (Å²) in [5.41, 5.74) is 0.905. The highest BCUT2D eigenvalue weighted by Gasteiger charge is 2.23. The second kappa shape index (κ2) is 6.59. The van der Waals surface area contributed by atoms with Gasteiger partial charge < -0.3 is 0 Å². The van der Waals surface area contributed by atoms with E-state index in [0.717, 1.165) is 5.56 Å². The Labute approximate surface area is 112 Å². The number of hydrogen-bond acceptors (Lipinski definition) is 2. The minimum absolute atomic E-state index is 0.252. The highest BCUT2D eigenvalue weighted by atomic mass is 35.5. The summed E-state index contributed by atoms with van der Waals surface area (Å²) in [5, 5.41) is 0. The van der Waals surface area contributed by atoms with E-state index in [9.17, 15) is 8.42 Å². The molecule has 0 N–H and O–H groups in total. The number of nitrogens with zero attached hydrogens (tertiary/aromatic N) is 1. The Morgan fingerprint density at radius 3 is 2.24 bits per heavy atom. The highest BCUT2D eigenvalue weighted by molar-refractivity contribution is 7.89. The molecule has 0 radical (unpaired) electrons. The fourth-order valence-corrected chi connectivity index (χ4v) is 3.62. The second-order valence-corrected chi connectivity index (χ2v) is 6.29. The van der Waals surface area contributed by atoms with Crippen LogP contribution in [0.5, 0.6) is 0 Å². The summed E-state index contributed by atoms with van der Waals surface area (Å²) in [6.07, 6.45) is 0. The van der Waals surface area contributed by atoms with Crippen molar-refractivity contribution in [3.8, 4) is 0 Å². The van der Waals surface area contributed by atoms with Crippen LogP contribution in [0.3, 0.4) is 0 Å². The van der Waals surface area contributed by atoms with Gasteiger partial charge in [0.2, 0.25) is 10.0 Å². The summed E-state index contributed by atoms with van der Waals surface area (Å²) in [7, 11) is -3.48. The molecule has 0 unspecified atom stereocenters. The van der Waals surface area contributed by atoms with Crippen molar-refractivity contribution >= 4 is 33.2 Å². The van der Waals surface area contributed by atoms with Gasteiger partial charge in [0.1, 0.15) is 0 Å². The highest BCUT2D eigenvalue weighted by Crippen LogP contribution is 2.16. The number of aryl methyl sites for hydroxylation is 1. The Morgan fingerprint density at radius 2 is 1.76 bits per heavy atom. The molecule has 0 heterocycles. The van der Waals surface area contributed by atoms with Crippen LogP contribution in [0.25, 0.3) is 0 Å². The Kier molecular flexibility index (Phi) is 5.73. The van der Waals surface area contributed by atoms with Gasteiger partial charge in [-0.05, 0) is 24.6 Å². The molecule has 0 bridgehead atoms. The molecule has 0 aliphatic rings. The average molecular weight is 296 g/mol. The fraction of sp³-hybridized carbons (Fsp3) is 0.455. The van der Waals surface area contributed by atoms with Gasteiger partial charge >= 0.3 is 0 Å². The maximum atomic E-state index is 12.3. The Hall–Kier alpha value is -0.290. The fourth-order valence-electron chi connectivity index (χ4n) is 1.47. The summed E-state index contributed by atoms with van der Waals surface area (Å²) in [5.74, 6) is 0.504. The van der Waals surface area contributed by atoms with Gasteiger partial charge in [-0.1, -0.05) is 12.1 Å². The first-order valence-corrected chi connectivity index (χ1v) is 7.72. The van der Waals surface area contributed by atoms with Gasteiger partial charge in [0.15, 0.2) is 0 Å². The Balaban J connectivity index is 3.07. The third-order valence-electron chi connectivity index (χ3n) is 2.30. The minimum Gasteiger partial charge on any atom is -0.207 e. The predicted molar refractivity (Wildman–Crippen MR) is 71.4 cm³/mol. The van der Waals surface area contributed by atoms with E-state index in [1.54, 1.807) is 18.2 Å². The van der Waals surface area contributed by atoms with Crippen LogP contribution in [0.2, 0.25) is 0 Å². The number of benzene rings is 1. The monoisotopic (exact) mass is 295 g/mol. The lowest BCUT2D eigenvalue weighted by Gasteiger charge is -2.20. The number of sulfonamides is 1. The van der Waals surface area contributed by atoms with Crippen LogP contribution in [0.4, 0.5) is 0 Å². The van der Waals surface area contributed by atoms with Gasteiger partial charge in [-0.25, -0.2) is 8.42 Å². The average Bonchev–Trinajstić information content (AvgIpc) is 2.29. The molecule has 0 saturated heterocycles. The molecule has 17 heavy (non-hydrogen) atoms. The SMILES string of the molecule is Cc1cccc(S(=O)(=O)N(CCCl)CCCl)c1. The molecule has 1 aromatic carbocycles. The van der Waals surface area contributed by atoms with Gasteiger partial charge in [-0.15, -0.1) is 23.2 Å². The van der Waals surface area contributed by atoms with E-state index in [-0.39, 0.29) is 29.7 Å². The summed E-state index contributed by atoms with van der Waals surface area (Å²) >= 11 is 11.2. The van der Waals surface area contributed by atoms with E-state index >= 15 is 0 Å². The van der Waals surface area contributed by atoms with Gasteiger partial charge in [0.05, 0.1) is 4.90 Å². The zero-order valence-electron chi connectivity index (χ0n) is 9.57. The maximum Gasteiger partial charge on any atom is 0.243 e. The Bertz CT molecular complexity index is 456. The smallest absolute Gasteiger partial charge is 0.207 e. The molecule has 0 spiro atoms.